The standard InChI is InChI=1S/C14H24N2O/c1-12-5-7-14(8-6-12)15-9-10-16(3)13(2)11-17-4/h5-8,13,15H,9-11H2,1-4H3. The molecule has 3 nitrogen and oxygen atoms in total. The Morgan fingerprint density at radius 1 is 1.29 bits per heavy atom. The van der Waals surface area contributed by atoms with Crippen molar-refractivity contribution in [3.05, 3.63) is 29.8 Å². The number of nitrogens with one attached hydrogen (secondary N) is 1. The fourth-order valence-electron chi connectivity index (χ4n) is 1.64. The highest BCUT2D eigenvalue weighted by Gasteiger charge is 2.07. The maximum absolute atomic E-state index is 5.14. The molecule has 0 fully saturated rings. The molecular formula is C14H24N2O. The third-order valence-electron chi connectivity index (χ3n) is 3.01. The van der Waals surface area contributed by atoms with Crippen molar-refractivity contribution < 1.29 is 4.74 Å². The van der Waals surface area contributed by atoms with Crippen molar-refractivity contribution in [3.8, 4) is 0 Å². The highest BCUT2D eigenvalue weighted by molar-refractivity contribution is 5.44. The highest BCUT2D eigenvalue weighted by atomic mass is 16.5. The number of rotatable bonds is 7. The second-order valence-electron chi connectivity index (χ2n) is 4.58. The van der Waals surface area contributed by atoms with E-state index in [9.17, 15) is 0 Å². The topological polar surface area (TPSA) is 24.5 Å². The van der Waals surface area contributed by atoms with Crippen molar-refractivity contribution in [2.24, 2.45) is 0 Å². The van der Waals surface area contributed by atoms with Crippen molar-refractivity contribution >= 4 is 5.69 Å². The summed E-state index contributed by atoms with van der Waals surface area (Å²) in [5, 5.41) is 3.42. The molecule has 0 aliphatic rings. The Hall–Kier alpha value is -1.06. The van der Waals surface area contributed by atoms with E-state index in [0.717, 1.165) is 19.7 Å². The van der Waals surface area contributed by atoms with Crippen molar-refractivity contribution in [2.75, 3.05) is 39.2 Å². The van der Waals surface area contributed by atoms with Crippen LogP contribution < -0.4 is 5.32 Å². The van der Waals surface area contributed by atoms with Crippen LogP contribution in [0.25, 0.3) is 0 Å². The van der Waals surface area contributed by atoms with Gasteiger partial charge in [-0.25, -0.2) is 0 Å². The van der Waals surface area contributed by atoms with E-state index in [1.54, 1.807) is 7.11 Å². The van der Waals surface area contributed by atoms with Gasteiger partial charge in [0, 0.05) is 31.9 Å². The maximum Gasteiger partial charge on any atom is 0.0615 e. The zero-order chi connectivity index (χ0) is 12.7. The summed E-state index contributed by atoms with van der Waals surface area (Å²) in [6, 6.07) is 8.95. The molecule has 0 heterocycles. The SMILES string of the molecule is COCC(C)N(C)CCNc1ccc(C)cc1. The normalized spacial score (nSPS) is 12.8. The van der Waals surface area contributed by atoms with Crippen molar-refractivity contribution in [1.29, 1.82) is 0 Å². The molecule has 0 amide bonds. The molecular weight excluding hydrogens is 212 g/mol. The van der Waals surface area contributed by atoms with Crippen LogP contribution in [0.2, 0.25) is 0 Å². The molecule has 1 atom stereocenters. The summed E-state index contributed by atoms with van der Waals surface area (Å²) in [5.74, 6) is 0. The first-order chi connectivity index (χ1) is 8.13. The summed E-state index contributed by atoms with van der Waals surface area (Å²) in [6.45, 7) is 7.02. The number of likely N-dealkylation sites (N-methyl/N-ethyl adjacent to an activating group) is 1. The van der Waals surface area contributed by atoms with E-state index in [1.165, 1.54) is 11.3 Å². The van der Waals surface area contributed by atoms with Crippen LogP contribution in [0.4, 0.5) is 5.69 Å². The summed E-state index contributed by atoms with van der Waals surface area (Å²) in [4.78, 5) is 2.30. The lowest BCUT2D eigenvalue weighted by Gasteiger charge is -2.24. The zero-order valence-electron chi connectivity index (χ0n) is 11.4. The van der Waals surface area contributed by atoms with Gasteiger partial charge in [-0.15, -0.1) is 0 Å². The van der Waals surface area contributed by atoms with Crippen LogP contribution in [0.5, 0.6) is 0 Å². The van der Waals surface area contributed by atoms with Gasteiger partial charge in [0.2, 0.25) is 0 Å². The molecule has 0 saturated carbocycles. The summed E-state index contributed by atoms with van der Waals surface area (Å²) in [5.41, 5.74) is 2.48. The molecule has 0 radical (unpaired) electrons. The zero-order valence-corrected chi connectivity index (χ0v) is 11.4. The van der Waals surface area contributed by atoms with Gasteiger partial charge in [-0.2, -0.15) is 0 Å². The Bertz CT molecular complexity index is 311. The highest BCUT2D eigenvalue weighted by Crippen LogP contribution is 2.08. The molecule has 96 valence electrons. The molecule has 1 rings (SSSR count). The van der Waals surface area contributed by atoms with E-state index in [-0.39, 0.29) is 0 Å². The van der Waals surface area contributed by atoms with Gasteiger partial charge in [0.05, 0.1) is 6.61 Å². The first kappa shape index (κ1) is 14.0. The number of methoxy groups -OCH3 is 1. The van der Waals surface area contributed by atoms with Crippen LogP contribution in [0, 0.1) is 6.92 Å². The van der Waals surface area contributed by atoms with Gasteiger partial charge in [-0.05, 0) is 33.0 Å². The van der Waals surface area contributed by atoms with E-state index in [4.69, 9.17) is 4.74 Å². The van der Waals surface area contributed by atoms with Crippen LogP contribution in [-0.4, -0.2) is 44.8 Å². The number of benzene rings is 1. The molecule has 1 aromatic carbocycles. The summed E-state index contributed by atoms with van der Waals surface area (Å²) < 4.78 is 5.14. The van der Waals surface area contributed by atoms with E-state index in [0.29, 0.717) is 6.04 Å². The molecule has 3 heteroatoms. The van der Waals surface area contributed by atoms with E-state index in [1.807, 2.05) is 0 Å². The third-order valence-corrected chi connectivity index (χ3v) is 3.01. The smallest absolute Gasteiger partial charge is 0.0615 e. The molecule has 1 unspecified atom stereocenters. The molecule has 1 aromatic rings. The molecule has 0 bridgehead atoms. The molecule has 17 heavy (non-hydrogen) atoms. The van der Waals surface area contributed by atoms with Gasteiger partial charge in [0.1, 0.15) is 0 Å². The fraction of sp³-hybridized carbons (Fsp3) is 0.571. The Kier molecular flexibility index (Phi) is 6.01. The van der Waals surface area contributed by atoms with Crippen LogP contribution in [0.15, 0.2) is 24.3 Å². The summed E-state index contributed by atoms with van der Waals surface area (Å²) >= 11 is 0. The summed E-state index contributed by atoms with van der Waals surface area (Å²) in [7, 11) is 3.87. The minimum absolute atomic E-state index is 0.458. The minimum Gasteiger partial charge on any atom is -0.384 e. The summed E-state index contributed by atoms with van der Waals surface area (Å²) in [6.07, 6.45) is 0. The predicted molar refractivity (Wildman–Crippen MR) is 73.6 cm³/mol. The van der Waals surface area contributed by atoms with Gasteiger partial charge in [-0.1, -0.05) is 17.7 Å². The number of hydrogen-bond donors (Lipinski definition) is 1. The lowest BCUT2D eigenvalue weighted by molar-refractivity contribution is 0.118. The second kappa shape index (κ2) is 7.30. The first-order valence-electron chi connectivity index (χ1n) is 6.13. The predicted octanol–water partition coefficient (Wildman–Crippen LogP) is 2.37. The van der Waals surface area contributed by atoms with E-state index < -0.39 is 0 Å². The molecule has 0 saturated heterocycles. The molecule has 1 N–H and O–H groups in total. The minimum atomic E-state index is 0.458. The van der Waals surface area contributed by atoms with Gasteiger partial charge in [0.25, 0.3) is 0 Å². The molecule has 0 aliphatic carbocycles. The number of anilines is 1. The van der Waals surface area contributed by atoms with Crippen LogP contribution in [0.1, 0.15) is 12.5 Å². The molecule has 0 aliphatic heterocycles. The second-order valence-corrected chi connectivity index (χ2v) is 4.58. The molecule has 0 aromatic heterocycles. The quantitative estimate of drug-likeness (QED) is 0.786. The first-order valence-corrected chi connectivity index (χ1v) is 6.13. The molecule has 0 spiro atoms. The fourth-order valence-corrected chi connectivity index (χ4v) is 1.64. The Morgan fingerprint density at radius 3 is 2.53 bits per heavy atom. The van der Waals surface area contributed by atoms with Gasteiger partial charge in [0.15, 0.2) is 0 Å². The number of ether oxygens (including phenoxy) is 1. The van der Waals surface area contributed by atoms with Crippen LogP contribution in [-0.2, 0) is 4.74 Å². The Labute approximate surface area is 105 Å². The van der Waals surface area contributed by atoms with Crippen molar-refractivity contribution in [3.63, 3.8) is 0 Å². The Morgan fingerprint density at radius 2 is 1.94 bits per heavy atom. The third kappa shape index (κ3) is 5.20. The number of hydrogen-bond acceptors (Lipinski definition) is 3. The van der Waals surface area contributed by atoms with Crippen LogP contribution >= 0.6 is 0 Å². The van der Waals surface area contributed by atoms with Crippen LogP contribution in [0.3, 0.4) is 0 Å². The average molecular weight is 236 g/mol. The average Bonchev–Trinajstić information content (AvgIpc) is 2.32. The van der Waals surface area contributed by atoms with Gasteiger partial charge >= 0.3 is 0 Å². The van der Waals surface area contributed by atoms with Crippen molar-refractivity contribution in [2.45, 2.75) is 19.9 Å². The van der Waals surface area contributed by atoms with Gasteiger partial charge in [-0.3, -0.25) is 4.90 Å². The number of aryl methyl sites for hydroxylation is 1. The Balaban J connectivity index is 2.25. The van der Waals surface area contributed by atoms with Gasteiger partial charge < -0.3 is 10.1 Å². The monoisotopic (exact) mass is 236 g/mol. The largest absolute Gasteiger partial charge is 0.384 e. The lowest BCUT2D eigenvalue weighted by Crippen LogP contribution is -2.36. The van der Waals surface area contributed by atoms with E-state index >= 15 is 0 Å². The van der Waals surface area contributed by atoms with E-state index in [2.05, 4.69) is 55.4 Å². The van der Waals surface area contributed by atoms with Crippen molar-refractivity contribution in [1.82, 2.24) is 4.90 Å². The lowest BCUT2D eigenvalue weighted by atomic mass is 10.2. The number of nitrogens with zero attached hydrogens (tertiary/aromatic N) is 1. The maximum atomic E-state index is 5.14.